The van der Waals surface area contributed by atoms with E-state index in [4.69, 9.17) is 4.74 Å². The van der Waals surface area contributed by atoms with Crippen LogP contribution in [0.4, 0.5) is 0 Å². The van der Waals surface area contributed by atoms with Crippen LogP contribution in [-0.4, -0.2) is 34.4 Å². The fourth-order valence-corrected chi connectivity index (χ4v) is 1.58. The highest BCUT2D eigenvalue weighted by Gasteiger charge is 2.13. The maximum Gasteiger partial charge on any atom is 0.196 e. The topological polar surface area (TPSA) is 141 Å². The van der Waals surface area contributed by atoms with Crippen molar-refractivity contribution in [3.05, 3.63) is 59.7 Å². The van der Waals surface area contributed by atoms with Gasteiger partial charge in [0.1, 0.15) is 11.5 Å². The third-order valence-corrected chi connectivity index (χ3v) is 2.49. The zero-order chi connectivity index (χ0) is 12.3. The first-order valence-electron chi connectivity index (χ1n) is 5.19. The zero-order valence-electron chi connectivity index (χ0n) is 10.9. The summed E-state index contributed by atoms with van der Waals surface area (Å²) >= 11 is 0. The van der Waals surface area contributed by atoms with E-state index in [9.17, 15) is 9.90 Å². The number of hydrogen-bond acceptors (Lipinski definition) is 3. The molecule has 0 aliphatic rings. The molecule has 0 heterocycles. The minimum Gasteiger partial charge on any atom is -0.507 e. The lowest BCUT2D eigenvalue weighted by Crippen LogP contribution is -2.01. The highest BCUT2D eigenvalue weighted by molar-refractivity contribution is 6.10. The summed E-state index contributed by atoms with van der Waals surface area (Å²) in [4.78, 5) is 12.1. The third kappa shape index (κ3) is 4.06. The van der Waals surface area contributed by atoms with Crippen molar-refractivity contribution in [3.8, 4) is 11.5 Å². The number of hydrogen-bond donors (Lipinski definition) is 1. The second kappa shape index (κ2) is 8.65. The number of phenolic OH excluding ortho intramolecular Hbond substituents is 1. The molecule has 0 saturated heterocycles. The average Bonchev–Trinajstić information content (AvgIpc) is 2.39. The Morgan fingerprint density at radius 2 is 1.60 bits per heavy atom. The van der Waals surface area contributed by atoms with Crippen LogP contribution in [0.3, 0.4) is 0 Å². The van der Waals surface area contributed by atoms with Crippen LogP contribution in [-0.2, 0) is 0 Å². The van der Waals surface area contributed by atoms with Gasteiger partial charge in [-0.2, -0.15) is 0 Å². The van der Waals surface area contributed by atoms with Crippen LogP contribution < -0.4 is 4.74 Å². The van der Waals surface area contributed by atoms with Crippen LogP contribution in [0.5, 0.6) is 11.5 Å². The summed E-state index contributed by atoms with van der Waals surface area (Å²) in [5, 5.41) is 9.75. The van der Waals surface area contributed by atoms with E-state index in [0.717, 1.165) is 0 Å². The van der Waals surface area contributed by atoms with Crippen molar-refractivity contribution < 1.29 is 31.1 Å². The molecule has 0 saturated carbocycles. The second-order valence-electron chi connectivity index (χ2n) is 3.58. The Morgan fingerprint density at radius 3 is 2.10 bits per heavy atom. The minimum absolute atomic E-state index is 0. The minimum atomic E-state index is -0.203. The first kappa shape index (κ1) is 19.9. The van der Waals surface area contributed by atoms with Crippen molar-refractivity contribution in [2.45, 2.75) is 0 Å². The lowest BCUT2D eigenvalue weighted by atomic mass is 10.0. The highest BCUT2D eigenvalue weighted by Crippen LogP contribution is 2.25. The molecule has 0 unspecified atom stereocenters. The van der Waals surface area contributed by atoms with Gasteiger partial charge in [0, 0.05) is 11.6 Å². The molecule has 0 aliphatic heterocycles. The number of phenols is 1. The monoisotopic (exact) mass is 282 g/mol. The number of aromatic hydroxyl groups is 1. The predicted octanol–water partition coefficient (Wildman–Crippen LogP) is 0.158. The van der Waals surface area contributed by atoms with Crippen molar-refractivity contribution >= 4 is 5.78 Å². The van der Waals surface area contributed by atoms with E-state index < -0.39 is 0 Å². The first-order valence-corrected chi connectivity index (χ1v) is 5.19. The molecule has 0 aromatic heterocycles. The van der Waals surface area contributed by atoms with Crippen molar-refractivity contribution in [3.63, 3.8) is 0 Å². The van der Waals surface area contributed by atoms with E-state index in [0.29, 0.717) is 11.3 Å². The molecule has 110 valence electrons. The van der Waals surface area contributed by atoms with Crippen molar-refractivity contribution in [1.29, 1.82) is 0 Å². The van der Waals surface area contributed by atoms with Gasteiger partial charge in [0.25, 0.3) is 0 Å². The standard InChI is InChI=1S/C14H12O3.3H2O/c1-17-11-7-8-12(13(15)9-11)14(16)10-5-3-2-4-6-10;;;/h2-9,15H,1H3;3*1H2. The molecule has 0 atom stereocenters. The zero-order valence-corrected chi connectivity index (χ0v) is 10.9. The van der Waals surface area contributed by atoms with Gasteiger partial charge in [0.05, 0.1) is 12.7 Å². The fraction of sp³-hybridized carbons (Fsp3) is 0.0714. The Morgan fingerprint density at radius 1 is 1.00 bits per heavy atom. The number of rotatable bonds is 3. The largest absolute Gasteiger partial charge is 0.507 e. The van der Waals surface area contributed by atoms with Gasteiger partial charge in [-0.3, -0.25) is 4.79 Å². The summed E-state index contributed by atoms with van der Waals surface area (Å²) in [6.45, 7) is 0. The van der Waals surface area contributed by atoms with Crippen LogP contribution in [0, 0.1) is 0 Å². The van der Waals surface area contributed by atoms with Crippen LogP contribution in [0.25, 0.3) is 0 Å². The molecule has 0 aliphatic carbocycles. The molecule has 6 nitrogen and oxygen atoms in total. The lowest BCUT2D eigenvalue weighted by Gasteiger charge is -2.06. The summed E-state index contributed by atoms with van der Waals surface area (Å²) in [5.41, 5.74) is 0.824. The van der Waals surface area contributed by atoms with Gasteiger partial charge < -0.3 is 26.3 Å². The summed E-state index contributed by atoms with van der Waals surface area (Å²) in [6, 6.07) is 13.5. The second-order valence-corrected chi connectivity index (χ2v) is 3.58. The van der Waals surface area contributed by atoms with Crippen molar-refractivity contribution in [1.82, 2.24) is 0 Å². The Labute approximate surface area is 116 Å². The van der Waals surface area contributed by atoms with Gasteiger partial charge in [-0.1, -0.05) is 30.3 Å². The van der Waals surface area contributed by atoms with E-state index in [1.54, 1.807) is 36.4 Å². The smallest absolute Gasteiger partial charge is 0.196 e. The molecule has 0 bridgehead atoms. The summed E-state index contributed by atoms with van der Waals surface area (Å²) in [7, 11) is 1.51. The molecule has 0 fully saturated rings. The molecule has 20 heavy (non-hydrogen) atoms. The SMILES string of the molecule is COc1ccc(C(=O)c2ccccc2)c(O)c1.O.O.O. The van der Waals surface area contributed by atoms with Gasteiger partial charge >= 0.3 is 0 Å². The number of carbonyl (C=O) groups excluding carboxylic acids is 1. The normalized spacial score (nSPS) is 8.45. The van der Waals surface area contributed by atoms with Crippen LogP contribution >= 0.6 is 0 Å². The number of benzene rings is 2. The highest BCUT2D eigenvalue weighted by atomic mass is 16.5. The first-order chi connectivity index (χ1) is 8.22. The maximum atomic E-state index is 12.1. The molecular weight excluding hydrogens is 264 g/mol. The van der Waals surface area contributed by atoms with E-state index in [1.807, 2.05) is 6.07 Å². The molecule has 0 spiro atoms. The molecule has 2 aromatic rings. The predicted molar refractivity (Wildman–Crippen MR) is 75.4 cm³/mol. The van der Waals surface area contributed by atoms with E-state index in [-0.39, 0.29) is 33.5 Å². The number of ether oxygens (including phenoxy) is 1. The average molecular weight is 282 g/mol. The summed E-state index contributed by atoms with van der Waals surface area (Å²) in [5.74, 6) is 0.246. The van der Waals surface area contributed by atoms with Gasteiger partial charge in [0.15, 0.2) is 5.78 Å². The van der Waals surface area contributed by atoms with Crippen molar-refractivity contribution in [2.24, 2.45) is 0 Å². The Kier molecular flexibility index (Phi) is 8.62. The fourth-order valence-electron chi connectivity index (χ4n) is 1.58. The van der Waals surface area contributed by atoms with Crippen LogP contribution in [0.15, 0.2) is 48.5 Å². The quantitative estimate of drug-likeness (QED) is 0.801. The molecule has 2 rings (SSSR count). The molecular formula is C14H18O6. The van der Waals surface area contributed by atoms with Crippen LogP contribution in [0.2, 0.25) is 0 Å². The van der Waals surface area contributed by atoms with Gasteiger partial charge in [-0.15, -0.1) is 0 Å². The van der Waals surface area contributed by atoms with Crippen LogP contribution in [0.1, 0.15) is 15.9 Å². The Bertz CT molecular complexity index is 539. The van der Waals surface area contributed by atoms with E-state index in [1.165, 1.54) is 13.2 Å². The summed E-state index contributed by atoms with van der Waals surface area (Å²) < 4.78 is 4.96. The molecule has 7 N–H and O–H groups in total. The number of ketones is 1. The number of methoxy groups -OCH3 is 1. The van der Waals surface area contributed by atoms with E-state index in [2.05, 4.69) is 0 Å². The van der Waals surface area contributed by atoms with Gasteiger partial charge in [0.2, 0.25) is 0 Å². The third-order valence-electron chi connectivity index (χ3n) is 2.49. The molecule has 6 heteroatoms. The molecule has 2 aromatic carbocycles. The van der Waals surface area contributed by atoms with Gasteiger partial charge in [-0.25, -0.2) is 0 Å². The Hall–Kier alpha value is -2.41. The van der Waals surface area contributed by atoms with E-state index >= 15 is 0 Å². The maximum absolute atomic E-state index is 12.1. The molecule has 0 radical (unpaired) electrons. The molecule has 0 amide bonds. The Balaban J connectivity index is 0. The van der Waals surface area contributed by atoms with Crippen molar-refractivity contribution in [2.75, 3.05) is 7.11 Å². The van der Waals surface area contributed by atoms with Gasteiger partial charge in [-0.05, 0) is 12.1 Å². The summed E-state index contributed by atoms with van der Waals surface area (Å²) in [6.07, 6.45) is 0. The number of carbonyl (C=O) groups is 1. The lowest BCUT2D eigenvalue weighted by molar-refractivity contribution is 0.103.